The average molecular weight is 264 g/mol. The molecule has 1 aromatic heterocycles. The number of aromatic carboxylic acids is 1. The van der Waals surface area contributed by atoms with Crippen LogP contribution in [-0.2, 0) is 13.2 Å². The van der Waals surface area contributed by atoms with Gasteiger partial charge in [-0.15, -0.1) is 0 Å². The molecule has 0 fully saturated rings. The van der Waals surface area contributed by atoms with Crippen LogP contribution in [0.5, 0.6) is 5.75 Å². The van der Waals surface area contributed by atoms with E-state index in [-0.39, 0.29) is 17.9 Å². The molecule has 100 valence electrons. The van der Waals surface area contributed by atoms with E-state index in [0.29, 0.717) is 6.54 Å². The van der Waals surface area contributed by atoms with Gasteiger partial charge in [0.1, 0.15) is 12.2 Å². The van der Waals surface area contributed by atoms with Gasteiger partial charge in [0.2, 0.25) is 0 Å². The number of ether oxygens (including phenoxy) is 1. The standard InChI is InChI=1S/C13H13FN2O3/c1-2-16-8-15-6-9(16)7-19-12-10(13(17)18)4-3-5-11(12)14/h3-6,8H,2,7H2,1H3,(H,17,18). The highest BCUT2D eigenvalue weighted by Gasteiger charge is 2.16. The number of nitrogens with zero attached hydrogens (tertiary/aromatic N) is 2. The Morgan fingerprint density at radius 1 is 1.53 bits per heavy atom. The van der Waals surface area contributed by atoms with Gasteiger partial charge in [-0.3, -0.25) is 0 Å². The number of carboxylic acid groups (broad SMARTS) is 1. The Labute approximate surface area is 109 Å². The van der Waals surface area contributed by atoms with E-state index in [1.807, 2.05) is 11.5 Å². The van der Waals surface area contributed by atoms with Crippen molar-refractivity contribution in [3.05, 3.63) is 47.8 Å². The molecule has 0 aliphatic rings. The molecule has 1 N–H and O–H groups in total. The summed E-state index contributed by atoms with van der Waals surface area (Å²) in [4.78, 5) is 15.0. The maximum absolute atomic E-state index is 13.6. The highest BCUT2D eigenvalue weighted by Crippen LogP contribution is 2.23. The number of carboxylic acids is 1. The summed E-state index contributed by atoms with van der Waals surface area (Å²) >= 11 is 0. The van der Waals surface area contributed by atoms with Crippen LogP contribution in [-0.4, -0.2) is 20.6 Å². The summed E-state index contributed by atoms with van der Waals surface area (Å²) in [5.74, 6) is -2.17. The van der Waals surface area contributed by atoms with Gasteiger partial charge in [0.25, 0.3) is 0 Å². The van der Waals surface area contributed by atoms with Crippen LogP contribution in [0.3, 0.4) is 0 Å². The first-order chi connectivity index (χ1) is 9.13. The van der Waals surface area contributed by atoms with E-state index in [4.69, 9.17) is 9.84 Å². The zero-order chi connectivity index (χ0) is 13.8. The van der Waals surface area contributed by atoms with Gasteiger partial charge in [0.05, 0.1) is 18.2 Å². The number of aromatic nitrogens is 2. The lowest BCUT2D eigenvalue weighted by atomic mass is 10.2. The monoisotopic (exact) mass is 264 g/mol. The number of hydrogen-bond acceptors (Lipinski definition) is 3. The molecule has 0 amide bonds. The normalized spacial score (nSPS) is 10.4. The van der Waals surface area contributed by atoms with Crippen molar-refractivity contribution in [2.45, 2.75) is 20.1 Å². The van der Waals surface area contributed by atoms with Crippen molar-refractivity contribution >= 4 is 5.97 Å². The van der Waals surface area contributed by atoms with Crippen molar-refractivity contribution in [3.63, 3.8) is 0 Å². The summed E-state index contributed by atoms with van der Waals surface area (Å²) in [5.41, 5.74) is 0.560. The number of rotatable bonds is 5. The quantitative estimate of drug-likeness (QED) is 0.900. The first kappa shape index (κ1) is 13.1. The zero-order valence-electron chi connectivity index (χ0n) is 10.3. The van der Waals surface area contributed by atoms with Crippen LogP contribution < -0.4 is 4.74 Å². The highest BCUT2D eigenvalue weighted by atomic mass is 19.1. The first-order valence-electron chi connectivity index (χ1n) is 5.77. The fourth-order valence-electron chi connectivity index (χ4n) is 1.72. The third-order valence-electron chi connectivity index (χ3n) is 2.70. The number of carbonyl (C=O) groups is 1. The Kier molecular flexibility index (Phi) is 3.79. The van der Waals surface area contributed by atoms with Gasteiger partial charge in [0, 0.05) is 6.54 Å². The number of para-hydroxylation sites is 1. The van der Waals surface area contributed by atoms with Crippen LogP contribution in [0.25, 0.3) is 0 Å². The molecule has 1 heterocycles. The van der Waals surface area contributed by atoms with Crippen molar-refractivity contribution < 1.29 is 19.0 Å². The molecule has 2 rings (SSSR count). The molecule has 19 heavy (non-hydrogen) atoms. The fraction of sp³-hybridized carbons (Fsp3) is 0.231. The van der Waals surface area contributed by atoms with Gasteiger partial charge in [-0.2, -0.15) is 0 Å². The minimum atomic E-state index is -1.22. The number of benzene rings is 1. The predicted octanol–water partition coefficient (Wildman–Crippen LogP) is 2.32. The summed E-state index contributed by atoms with van der Waals surface area (Å²) in [7, 11) is 0. The third kappa shape index (κ3) is 2.73. The topological polar surface area (TPSA) is 64.4 Å². The van der Waals surface area contributed by atoms with Crippen molar-refractivity contribution in [2.75, 3.05) is 0 Å². The van der Waals surface area contributed by atoms with Gasteiger partial charge in [0.15, 0.2) is 11.6 Å². The molecule has 0 atom stereocenters. The van der Waals surface area contributed by atoms with Gasteiger partial charge in [-0.05, 0) is 19.1 Å². The molecule has 5 nitrogen and oxygen atoms in total. The Balaban J connectivity index is 2.22. The highest BCUT2D eigenvalue weighted by molar-refractivity contribution is 5.90. The Morgan fingerprint density at radius 3 is 3.00 bits per heavy atom. The van der Waals surface area contributed by atoms with E-state index >= 15 is 0 Å². The number of hydrogen-bond donors (Lipinski definition) is 1. The van der Waals surface area contributed by atoms with E-state index in [2.05, 4.69) is 4.98 Å². The number of halogens is 1. The minimum Gasteiger partial charge on any atom is -0.483 e. The molecular weight excluding hydrogens is 251 g/mol. The van der Waals surface area contributed by atoms with Crippen molar-refractivity contribution in [1.29, 1.82) is 0 Å². The predicted molar refractivity (Wildman–Crippen MR) is 65.6 cm³/mol. The van der Waals surface area contributed by atoms with Crippen LogP contribution in [0, 0.1) is 5.82 Å². The van der Waals surface area contributed by atoms with Crippen LogP contribution in [0.4, 0.5) is 4.39 Å². The summed E-state index contributed by atoms with van der Waals surface area (Å²) in [6.07, 6.45) is 3.24. The van der Waals surface area contributed by atoms with Gasteiger partial charge in [-0.25, -0.2) is 14.2 Å². The lowest BCUT2D eigenvalue weighted by molar-refractivity contribution is 0.0690. The van der Waals surface area contributed by atoms with Gasteiger partial charge in [-0.1, -0.05) is 6.07 Å². The zero-order valence-corrected chi connectivity index (χ0v) is 10.3. The minimum absolute atomic E-state index is 0.0645. The molecule has 0 bridgehead atoms. The average Bonchev–Trinajstić information content (AvgIpc) is 2.84. The molecule has 0 aliphatic carbocycles. The molecule has 0 saturated carbocycles. The molecule has 1 aromatic carbocycles. The van der Waals surface area contributed by atoms with Crippen LogP contribution >= 0.6 is 0 Å². The summed E-state index contributed by atoms with van der Waals surface area (Å²) < 4.78 is 20.7. The fourth-order valence-corrected chi connectivity index (χ4v) is 1.72. The number of imidazole rings is 1. The molecule has 0 saturated heterocycles. The molecule has 0 aliphatic heterocycles. The molecular formula is C13H13FN2O3. The van der Waals surface area contributed by atoms with Crippen LogP contribution in [0.2, 0.25) is 0 Å². The molecule has 0 unspecified atom stereocenters. The summed E-state index contributed by atoms with van der Waals surface area (Å²) in [6.45, 7) is 2.72. The Bertz CT molecular complexity index is 595. The van der Waals surface area contributed by atoms with Gasteiger partial charge < -0.3 is 14.4 Å². The van der Waals surface area contributed by atoms with E-state index in [0.717, 1.165) is 5.69 Å². The van der Waals surface area contributed by atoms with E-state index in [1.54, 1.807) is 12.5 Å². The molecule has 0 radical (unpaired) electrons. The second-order valence-electron chi connectivity index (χ2n) is 3.88. The summed E-state index contributed by atoms with van der Waals surface area (Å²) in [6, 6.07) is 3.80. The van der Waals surface area contributed by atoms with E-state index in [1.165, 1.54) is 18.2 Å². The maximum atomic E-state index is 13.6. The smallest absolute Gasteiger partial charge is 0.339 e. The third-order valence-corrected chi connectivity index (χ3v) is 2.70. The summed E-state index contributed by atoms with van der Waals surface area (Å²) in [5, 5.41) is 8.98. The first-order valence-corrected chi connectivity index (χ1v) is 5.77. The largest absolute Gasteiger partial charge is 0.483 e. The Hall–Kier alpha value is -2.37. The number of aryl methyl sites for hydroxylation is 1. The Morgan fingerprint density at radius 2 is 2.32 bits per heavy atom. The molecule has 0 spiro atoms. The SMILES string of the molecule is CCn1cncc1COc1c(F)cccc1C(=O)O. The second-order valence-corrected chi connectivity index (χ2v) is 3.88. The maximum Gasteiger partial charge on any atom is 0.339 e. The second kappa shape index (κ2) is 5.51. The van der Waals surface area contributed by atoms with Crippen molar-refractivity contribution in [3.8, 4) is 5.75 Å². The lowest BCUT2D eigenvalue weighted by Gasteiger charge is -2.11. The van der Waals surface area contributed by atoms with Crippen molar-refractivity contribution in [1.82, 2.24) is 9.55 Å². The molecule has 6 heteroatoms. The van der Waals surface area contributed by atoms with Crippen molar-refractivity contribution in [2.24, 2.45) is 0 Å². The van der Waals surface area contributed by atoms with E-state index < -0.39 is 11.8 Å². The van der Waals surface area contributed by atoms with Crippen LogP contribution in [0.1, 0.15) is 23.0 Å². The molecule has 2 aromatic rings. The van der Waals surface area contributed by atoms with Gasteiger partial charge >= 0.3 is 5.97 Å². The lowest BCUT2D eigenvalue weighted by Crippen LogP contribution is -2.08. The van der Waals surface area contributed by atoms with Crippen LogP contribution in [0.15, 0.2) is 30.7 Å². The van der Waals surface area contributed by atoms with E-state index in [9.17, 15) is 9.18 Å².